The number of benzene rings is 3. The second-order valence-corrected chi connectivity index (χ2v) is 7.64. The SMILES string of the molecule is O=[N+]([O-])[C@@H]1[C@H](c2ccccc2)N=C(Nc2ccccc2)S[C@H]1c1ccccc1. The number of amidine groups is 1. The van der Waals surface area contributed by atoms with E-state index in [-0.39, 0.29) is 10.2 Å². The highest BCUT2D eigenvalue weighted by atomic mass is 32.2. The molecule has 0 saturated heterocycles. The van der Waals surface area contributed by atoms with E-state index in [2.05, 4.69) is 5.32 Å². The second kappa shape index (κ2) is 8.27. The summed E-state index contributed by atoms with van der Waals surface area (Å²) in [6.07, 6.45) is 0. The molecule has 5 nitrogen and oxygen atoms in total. The third-order valence-electron chi connectivity index (χ3n) is 4.67. The zero-order chi connectivity index (χ0) is 19.3. The van der Waals surface area contributed by atoms with Crippen molar-refractivity contribution in [3.05, 3.63) is 112 Å². The molecule has 1 N–H and O–H groups in total. The Morgan fingerprint density at radius 2 is 1.36 bits per heavy atom. The van der Waals surface area contributed by atoms with Crippen LogP contribution < -0.4 is 5.32 Å². The largest absolute Gasteiger partial charge is 0.335 e. The van der Waals surface area contributed by atoms with Crippen LogP contribution in [0, 0.1) is 10.1 Å². The van der Waals surface area contributed by atoms with Crippen LogP contribution in [0.1, 0.15) is 22.4 Å². The Hall–Kier alpha value is -3.12. The molecule has 1 aliphatic heterocycles. The summed E-state index contributed by atoms with van der Waals surface area (Å²) in [6, 6.07) is 27.5. The molecule has 3 atom stereocenters. The van der Waals surface area contributed by atoms with E-state index in [0.29, 0.717) is 5.17 Å². The number of para-hydroxylation sites is 1. The molecular formula is C22H19N3O2S. The van der Waals surface area contributed by atoms with Crippen LogP contribution in [0.25, 0.3) is 0 Å². The fourth-order valence-corrected chi connectivity index (χ4v) is 4.62. The number of hydrogen-bond donors (Lipinski definition) is 1. The van der Waals surface area contributed by atoms with Gasteiger partial charge in [-0.2, -0.15) is 0 Å². The van der Waals surface area contributed by atoms with Gasteiger partial charge in [0.15, 0.2) is 5.17 Å². The molecule has 6 heteroatoms. The van der Waals surface area contributed by atoms with E-state index >= 15 is 0 Å². The Kier molecular flexibility index (Phi) is 5.39. The van der Waals surface area contributed by atoms with Gasteiger partial charge in [0.25, 0.3) is 6.04 Å². The lowest BCUT2D eigenvalue weighted by Crippen LogP contribution is -2.37. The minimum absolute atomic E-state index is 0.189. The predicted molar refractivity (Wildman–Crippen MR) is 114 cm³/mol. The molecule has 0 aliphatic carbocycles. The molecule has 1 aliphatic rings. The number of hydrogen-bond acceptors (Lipinski definition) is 5. The van der Waals surface area contributed by atoms with Crippen molar-refractivity contribution in [1.29, 1.82) is 0 Å². The van der Waals surface area contributed by atoms with Crippen LogP contribution in [0.4, 0.5) is 5.69 Å². The van der Waals surface area contributed by atoms with Crippen LogP contribution >= 0.6 is 11.8 Å². The summed E-state index contributed by atoms with van der Waals surface area (Å²) in [6.45, 7) is 0. The summed E-state index contributed by atoms with van der Waals surface area (Å²) >= 11 is 1.41. The molecule has 0 radical (unpaired) electrons. The quantitative estimate of drug-likeness (QED) is 0.484. The molecule has 1 heterocycles. The van der Waals surface area contributed by atoms with Gasteiger partial charge in [-0.25, -0.2) is 4.99 Å². The Balaban J connectivity index is 1.77. The summed E-state index contributed by atoms with van der Waals surface area (Å²) in [5.74, 6) is 0. The highest BCUT2D eigenvalue weighted by molar-refractivity contribution is 8.14. The smallest absolute Gasteiger partial charge is 0.255 e. The third kappa shape index (κ3) is 3.92. The molecule has 0 aromatic heterocycles. The number of nitrogens with one attached hydrogen (secondary N) is 1. The van der Waals surface area contributed by atoms with Crippen molar-refractivity contribution in [2.45, 2.75) is 17.3 Å². The zero-order valence-electron chi connectivity index (χ0n) is 15.0. The lowest BCUT2D eigenvalue weighted by Gasteiger charge is -2.31. The number of anilines is 1. The predicted octanol–water partition coefficient (Wildman–Crippen LogP) is 5.33. The van der Waals surface area contributed by atoms with Crippen molar-refractivity contribution >= 4 is 22.6 Å². The normalized spacial score (nSPS) is 21.6. The topological polar surface area (TPSA) is 67.5 Å². The Bertz CT molecular complexity index is 965. The van der Waals surface area contributed by atoms with E-state index in [1.54, 1.807) is 0 Å². The molecule has 3 aromatic rings. The van der Waals surface area contributed by atoms with Crippen LogP contribution in [0.5, 0.6) is 0 Å². The van der Waals surface area contributed by atoms with Gasteiger partial charge in [0.1, 0.15) is 11.3 Å². The van der Waals surface area contributed by atoms with Crippen molar-refractivity contribution in [3.8, 4) is 0 Å². The maximum Gasteiger partial charge on any atom is 0.255 e. The minimum Gasteiger partial charge on any atom is -0.335 e. The standard InChI is InChI=1S/C22H19N3O2S/c26-25(27)20-19(16-10-4-1-5-11-16)24-22(23-18-14-8-3-9-15-18)28-21(20)17-12-6-2-7-13-17/h1-15,19-21H,(H,23,24)/t19-,20+,21-/m0/s1. The van der Waals surface area contributed by atoms with Gasteiger partial charge in [-0.3, -0.25) is 10.1 Å². The van der Waals surface area contributed by atoms with Gasteiger partial charge in [0, 0.05) is 10.6 Å². The summed E-state index contributed by atoms with van der Waals surface area (Å²) in [5, 5.41) is 15.8. The number of nitro groups is 1. The van der Waals surface area contributed by atoms with Crippen LogP contribution in [0.2, 0.25) is 0 Å². The van der Waals surface area contributed by atoms with Gasteiger partial charge >= 0.3 is 0 Å². The maximum atomic E-state index is 12.1. The van der Waals surface area contributed by atoms with Gasteiger partial charge in [0.2, 0.25) is 0 Å². The van der Waals surface area contributed by atoms with E-state index < -0.39 is 12.1 Å². The Morgan fingerprint density at radius 3 is 1.93 bits per heavy atom. The third-order valence-corrected chi connectivity index (χ3v) is 5.90. The van der Waals surface area contributed by atoms with Crippen molar-refractivity contribution in [2.75, 3.05) is 5.32 Å². The first-order valence-electron chi connectivity index (χ1n) is 9.02. The number of thioether (sulfide) groups is 1. The minimum atomic E-state index is -0.851. The number of aliphatic imine (C=N–C) groups is 1. The van der Waals surface area contributed by atoms with Crippen molar-refractivity contribution in [2.24, 2.45) is 4.99 Å². The second-order valence-electron chi connectivity index (χ2n) is 6.51. The summed E-state index contributed by atoms with van der Waals surface area (Å²) in [4.78, 5) is 16.7. The molecule has 0 saturated carbocycles. The number of rotatable bonds is 4. The highest BCUT2D eigenvalue weighted by Gasteiger charge is 2.45. The molecule has 3 aromatic carbocycles. The van der Waals surface area contributed by atoms with Crippen LogP contribution in [0.15, 0.2) is 96.0 Å². The average molecular weight is 389 g/mol. The van der Waals surface area contributed by atoms with Crippen molar-refractivity contribution in [3.63, 3.8) is 0 Å². The van der Waals surface area contributed by atoms with Gasteiger partial charge in [-0.05, 0) is 23.3 Å². The molecule has 0 bridgehead atoms. The fourth-order valence-electron chi connectivity index (χ4n) is 3.35. The highest BCUT2D eigenvalue weighted by Crippen LogP contribution is 2.45. The molecule has 140 valence electrons. The van der Waals surface area contributed by atoms with Crippen LogP contribution in [-0.4, -0.2) is 16.1 Å². The zero-order valence-corrected chi connectivity index (χ0v) is 15.8. The first-order chi connectivity index (χ1) is 13.7. The van der Waals surface area contributed by atoms with E-state index in [1.165, 1.54) is 11.8 Å². The molecular weight excluding hydrogens is 370 g/mol. The van der Waals surface area contributed by atoms with E-state index in [9.17, 15) is 10.1 Å². The summed E-state index contributed by atoms with van der Waals surface area (Å²) < 4.78 is 0. The molecule has 0 fully saturated rings. The molecule has 28 heavy (non-hydrogen) atoms. The first-order valence-corrected chi connectivity index (χ1v) is 9.90. The molecule has 4 rings (SSSR count). The van der Waals surface area contributed by atoms with Gasteiger partial charge < -0.3 is 5.32 Å². The Morgan fingerprint density at radius 1 is 0.821 bits per heavy atom. The van der Waals surface area contributed by atoms with Crippen LogP contribution in [0.3, 0.4) is 0 Å². The average Bonchev–Trinajstić information content (AvgIpc) is 2.75. The summed E-state index contributed by atoms with van der Waals surface area (Å²) in [7, 11) is 0. The lowest BCUT2D eigenvalue weighted by atomic mass is 9.94. The molecule has 0 spiro atoms. The van der Waals surface area contributed by atoms with Crippen molar-refractivity contribution < 1.29 is 4.92 Å². The van der Waals surface area contributed by atoms with Gasteiger partial charge in [0.05, 0.1) is 0 Å². The fraction of sp³-hybridized carbons (Fsp3) is 0.136. The van der Waals surface area contributed by atoms with E-state index in [0.717, 1.165) is 16.8 Å². The van der Waals surface area contributed by atoms with E-state index in [1.807, 2.05) is 91.0 Å². The van der Waals surface area contributed by atoms with E-state index in [4.69, 9.17) is 4.99 Å². The lowest BCUT2D eigenvalue weighted by molar-refractivity contribution is -0.527. The summed E-state index contributed by atoms with van der Waals surface area (Å²) in [5.41, 5.74) is 2.68. The molecule has 0 amide bonds. The Labute approximate surface area is 167 Å². The monoisotopic (exact) mass is 389 g/mol. The maximum absolute atomic E-state index is 12.1. The first kappa shape index (κ1) is 18.3. The van der Waals surface area contributed by atoms with Crippen molar-refractivity contribution in [1.82, 2.24) is 0 Å². The van der Waals surface area contributed by atoms with Gasteiger partial charge in [-0.15, -0.1) is 0 Å². The van der Waals surface area contributed by atoms with Crippen LogP contribution in [-0.2, 0) is 0 Å². The van der Waals surface area contributed by atoms with Gasteiger partial charge in [-0.1, -0.05) is 90.6 Å². The molecule has 0 unspecified atom stereocenters. The number of nitrogens with zero attached hydrogens (tertiary/aromatic N) is 2.